The third-order valence-corrected chi connectivity index (χ3v) is 2.63. The van der Waals surface area contributed by atoms with E-state index in [2.05, 4.69) is 15.6 Å². The van der Waals surface area contributed by atoms with E-state index in [0.29, 0.717) is 12.3 Å². The number of nitrogens with two attached hydrogens (primary N) is 1. The van der Waals surface area contributed by atoms with Crippen molar-refractivity contribution in [1.29, 1.82) is 0 Å². The highest BCUT2D eigenvalue weighted by Crippen LogP contribution is 2.24. The molecule has 0 aliphatic heterocycles. The van der Waals surface area contributed by atoms with E-state index in [1.165, 1.54) is 0 Å². The summed E-state index contributed by atoms with van der Waals surface area (Å²) < 4.78 is 9.67. The molecule has 0 bridgehead atoms. The zero-order valence-electron chi connectivity index (χ0n) is 10.3. The van der Waals surface area contributed by atoms with Crippen LogP contribution in [-0.4, -0.2) is 24.3 Å². The van der Waals surface area contributed by atoms with Crippen molar-refractivity contribution in [3.63, 3.8) is 0 Å². The Bertz CT molecular complexity index is 625. The van der Waals surface area contributed by atoms with Gasteiger partial charge in [0.15, 0.2) is 6.61 Å². The summed E-state index contributed by atoms with van der Waals surface area (Å²) in [5.41, 5.74) is 7.60. The molecule has 0 amide bonds. The Morgan fingerprint density at radius 1 is 1.47 bits per heavy atom. The lowest BCUT2D eigenvalue weighted by Gasteiger charge is -2.04. The van der Waals surface area contributed by atoms with E-state index >= 15 is 0 Å². The molecule has 5 nitrogen and oxygen atoms in total. The van der Waals surface area contributed by atoms with Crippen LogP contribution in [0.5, 0.6) is 5.75 Å². The number of benzene rings is 1. The van der Waals surface area contributed by atoms with Gasteiger partial charge in [0.05, 0.1) is 0 Å². The van der Waals surface area contributed by atoms with Gasteiger partial charge in [-0.05, 0) is 36.7 Å². The molecule has 0 aliphatic carbocycles. The summed E-state index contributed by atoms with van der Waals surface area (Å²) in [5, 5.41) is 0.979. The summed E-state index contributed by atoms with van der Waals surface area (Å²) in [6, 6.07) is 5.29. The van der Waals surface area contributed by atoms with Gasteiger partial charge in [-0.3, -0.25) is 0 Å². The van der Waals surface area contributed by atoms with Gasteiger partial charge in [-0.15, -0.1) is 6.42 Å². The molecule has 0 fully saturated rings. The lowest BCUT2D eigenvalue weighted by atomic mass is 10.1. The summed E-state index contributed by atoms with van der Waals surface area (Å²) in [6.45, 7) is 0.450. The molecule has 0 saturated carbocycles. The minimum Gasteiger partial charge on any atom is -0.421 e. The molecule has 0 spiro atoms. The minimum absolute atomic E-state index is 0.107. The molecule has 3 N–H and O–H groups in total. The summed E-state index contributed by atoms with van der Waals surface area (Å²) in [4.78, 5) is 14.4. The van der Waals surface area contributed by atoms with Crippen molar-refractivity contribution in [2.24, 2.45) is 5.73 Å². The van der Waals surface area contributed by atoms with Crippen molar-refractivity contribution in [2.75, 3.05) is 13.2 Å². The number of ether oxygens (including phenoxy) is 2. The number of nitrogens with one attached hydrogen (secondary N) is 1. The third-order valence-electron chi connectivity index (χ3n) is 2.63. The molecule has 0 unspecified atom stereocenters. The highest BCUT2D eigenvalue weighted by Gasteiger charge is 2.08. The number of rotatable bonds is 4. The van der Waals surface area contributed by atoms with Crippen LogP contribution >= 0.6 is 0 Å². The maximum absolute atomic E-state index is 11.3. The van der Waals surface area contributed by atoms with Crippen LogP contribution in [0.1, 0.15) is 5.56 Å². The van der Waals surface area contributed by atoms with Crippen LogP contribution in [0, 0.1) is 12.3 Å². The van der Waals surface area contributed by atoms with Gasteiger partial charge in [-0.1, -0.05) is 5.92 Å². The van der Waals surface area contributed by atoms with E-state index in [-0.39, 0.29) is 6.61 Å². The fourth-order valence-corrected chi connectivity index (χ4v) is 1.81. The predicted molar refractivity (Wildman–Crippen MR) is 71.9 cm³/mol. The smallest absolute Gasteiger partial charge is 0.421 e. The van der Waals surface area contributed by atoms with Gasteiger partial charge in [-0.2, -0.15) is 0 Å². The van der Waals surface area contributed by atoms with E-state index in [9.17, 15) is 4.79 Å². The second-order valence-electron chi connectivity index (χ2n) is 3.90. The number of carbonyl (C=O) groups excluding carboxylic acids is 1. The average Bonchev–Trinajstić information content (AvgIpc) is 2.80. The van der Waals surface area contributed by atoms with E-state index < -0.39 is 6.16 Å². The molecule has 0 atom stereocenters. The van der Waals surface area contributed by atoms with Crippen molar-refractivity contribution in [2.45, 2.75) is 6.42 Å². The van der Waals surface area contributed by atoms with Crippen LogP contribution < -0.4 is 10.5 Å². The van der Waals surface area contributed by atoms with Crippen LogP contribution in [0.3, 0.4) is 0 Å². The van der Waals surface area contributed by atoms with Gasteiger partial charge in [0.1, 0.15) is 5.75 Å². The van der Waals surface area contributed by atoms with Crippen LogP contribution in [0.2, 0.25) is 0 Å². The number of terminal acetylenes is 1. The van der Waals surface area contributed by atoms with Crippen molar-refractivity contribution in [3.8, 4) is 18.1 Å². The molecule has 1 aromatic carbocycles. The van der Waals surface area contributed by atoms with Gasteiger partial charge in [0.2, 0.25) is 0 Å². The standard InChI is InChI=1S/C14H14N2O3/c1-2-7-18-14(17)19-11-3-4-13-12(8-11)10(5-6-15)9-16-13/h1,3-4,8-9,16H,5-7,15H2. The molecule has 1 heterocycles. The number of aromatic amines is 1. The van der Waals surface area contributed by atoms with Crippen LogP contribution in [0.15, 0.2) is 24.4 Å². The van der Waals surface area contributed by atoms with E-state index in [0.717, 1.165) is 22.9 Å². The van der Waals surface area contributed by atoms with Crippen LogP contribution in [-0.2, 0) is 11.2 Å². The topological polar surface area (TPSA) is 77.3 Å². The molecule has 2 rings (SSSR count). The van der Waals surface area contributed by atoms with E-state index in [1.807, 2.05) is 12.3 Å². The number of hydrogen-bond acceptors (Lipinski definition) is 4. The van der Waals surface area contributed by atoms with Gasteiger partial charge >= 0.3 is 6.16 Å². The number of H-pyrrole nitrogens is 1. The Balaban J connectivity index is 2.18. The highest BCUT2D eigenvalue weighted by molar-refractivity contribution is 5.85. The first kappa shape index (κ1) is 13.0. The van der Waals surface area contributed by atoms with Gasteiger partial charge in [-0.25, -0.2) is 4.79 Å². The molecule has 2 aromatic rings. The average molecular weight is 258 g/mol. The van der Waals surface area contributed by atoms with Crippen LogP contribution in [0.4, 0.5) is 4.79 Å². The van der Waals surface area contributed by atoms with Gasteiger partial charge in [0, 0.05) is 17.1 Å². The highest BCUT2D eigenvalue weighted by atomic mass is 16.7. The van der Waals surface area contributed by atoms with Crippen molar-refractivity contribution < 1.29 is 14.3 Å². The van der Waals surface area contributed by atoms with Crippen molar-refractivity contribution >= 4 is 17.1 Å². The first-order valence-corrected chi connectivity index (χ1v) is 5.82. The molecule has 19 heavy (non-hydrogen) atoms. The first-order chi connectivity index (χ1) is 9.24. The third kappa shape index (κ3) is 3.06. The molecular formula is C14H14N2O3. The molecular weight excluding hydrogens is 244 g/mol. The zero-order valence-corrected chi connectivity index (χ0v) is 10.3. The maximum Gasteiger partial charge on any atom is 0.514 e. The fourth-order valence-electron chi connectivity index (χ4n) is 1.81. The normalized spacial score (nSPS) is 10.1. The first-order valence-electron chi connectivity index (χ1n) is 5.82. The lowest BCUT2D eigenvalue weighted by molar-refractivity contribution is 0.111. The Kier molecular flexibility index (Phi) is 4.06. The number of aromatic nitrogens is 1. The van der Waals surface area contributed by atoms with Crippen LogP contribution in [0.25, 0.3) is 10.9 Å². The monoisotopic (exact) mass is 258 g/mol. The largest absolute Gasteiger partial charge is 0.514 e. The second kappa shape index (κ2) is 5.94. The minimum atomic E-state index is -0.812. The Labute approximate surface area is 110 Å². The summed E-state index contributed by atoms with van der Waals surface area (Å²) in [5.74, 6) is 2.60. The molecule has 98 valence electrons. The maximum atomic E-state index is 11.3. The Morgan fingerprint density at radius 3 is 3.05 bits per heavy atom. The van der Waals surface area contributed by atoms with Gasteiger partial charge in [0.25, 0.3) is 0 Å². The fraction of sp³-hybridized carbons (Fsp3) is 0.214. The predicted octanol–water partition coefficient (Wildman–Crippen LogP) is 1.82. The molecule has 5 heteroatoms. The second-order valence-corrected chi connectivity index (χ2v) is 3.90. The molecule has 0 aliphatic rings. The SMILES string of the molecule is C#CCOC(=O)Oc1ccc2[nH]cc(CCN)c2c1. The zero-order chi connectivity index (χ0) is 13.7. The number of fused-ring (bicyclic) bond motifs is 1. The summed E-state index contributed by atoms with van der Waals surface area (Å²) in [7, 11) is 0. The molecule has 0 radical (unpaired) electrons. The van der Waals surface area contributed by atoms with Crippen molar-refractivity contribution in [1.82, 2.24) is 4.98 Å². The Hall–Kier alpha value is -2.45. The molecule has 0 saturated heterocycles. The van der Waals surface area contributed by atoms with E-state index in [1.54, 1.807) is 12.1 Å². The van der Waals surface area contributed by atoms with Gasteiger partial charge < -0.3 is 20.2 Å². The number of carbonyl (C=O) groups is 1. The summed E-state index contributed by atoms with van der Waals surface area (Å²) in [6.07, 6.45) is 6.83. The summed E-state index contributed by atoms with van der Waals surface area (Å²) >= 11 is 0. The molecule has 1 aromatic heterocycles. The number of hydrogen-bond donors (Lipinski definition) is 2. The van der Waals surface area contributed by atoms with Crippen molar-refractivity contribution in [3.05, 3.63) is 30.0 Å². The van der Waals surface area contributed by atoms with E-state index in [4.69, 9.17) is 16.9 Å². The lowest BCUT2D eigenvalue weighted by Crippen LogP contribution is -2.10. The Morgan fingerprint density at radius 2 is 2.32 bits per heavy atom. The quantitative estimate of drug-likeness (QED) is 0.498.